The number of alkyl halides is 5. The van der Waals surface area contributed by atoms with Crippen molar-refractivity contribution in [3.8, 4) is 5.75 Å². The van der Waals surface area contributed by atoms with Gasteiger partial charge >= 0.3 is 11.4 Å². The minimum Gasteiger partial charge on any atom is -0.490 e. The number of Topliss-reactive ketones (excluding diaryl/α,β-unsaturated/α-hetero) is 1. The molecule has 2 aliphatic carbocycles. The van der Waals surface area contributed by atoms with Crippen LogP contribution in [0.15, 0.2) is 17.0 Å². The Labute approximate surface area is 133 Å². The third kappa shape index (κ3) is 2.47. The molecule has 0 heterocycles. The molecule has 0 amide bonds. The van der Waals surface area contributed by atoms with Crippen LogP contribution in [-0.2, 0) is 16.3 Å². The van der Waals surface area contributed by atoms with E-state index < -0.39 is 49.5 Å². The first kappa shape index (κ1) is 17.1. The van der Waals surface area contributed by atoms with Crippen LogP contribution in [0.4, 0.5) is 22.0 Å². The summed E-state index contributed by atoms with van der Waals surface area (Å²) in [4.78, 5) is 10.3. The number of hydrogen-bond donors (Lipinski definition) is 0. The number of fused-ring (bicyclic) bond motifs is 1. The second kappa shape index (κ2) is 5.14. The fourth-order valence-corrected chi connectivity index (χ4v) is 3.63. The lowest BCUT2D eigenvalue weighted by molar-refractivity contribution is -0.0436. The Morgan fingerprint density at radius 1 is 1.17 bits per heavy atom. The SMILES string of the molecule is O=C1c2c(S(=O)(=O)C(F)(F)F)ccc(OC3CCC3)c2CC1(F)F. The highest BCUT2D eigenvalue weighted by Crippen LogP contribution is 2.45. The van der Waals surface area contributed by atoms with Gasteiger partial charge in [0, 0.05) is 12.0 Å². The molecule has 0 atom stereocenters. The molecule has 24 heavy (non-hydrogen) atoms. The first-order valence-electron chi connectivity index (χ1n) is 7.01. The summed E-state index contributed by atoms with van der Waals surface area (Å²) < 4.78 is 94.4. The lowest BCUT2D eigenvalue weighted by atomic mass is 9.96. The molecule has 3 rings (SSSR count). The van der Waals surface area contributed by atoms with Crippen LogP contribution in [-0.4, -0.2) is 31.7 Å². The summed E-state index contributed by atoms with van der Waals surface area (Å²) in [5.41, 5.74) is -7.30. The van der Waals surface area contributed by atoms with Gasteiger partial charge in [-0.1, -0.05) is 0 Å². The van der Waals surface area contributed by atoms with E-state index in [9.17, 15) is 35.2 Å². The van der Waals surface area contributed by atoms with Crippen LogP contribution < -0.4 is 4.74 Å². The summed E-state index contributed by atoms with van der Waals surface area (Å²) in [6, 6.07) is 1.42. The Bertz CT molecular complexity index is 809. The maximum absolute atomic E-state index is 13.7. The van der Waals surface area contributed by atoms with Crippen molar-refractivity contribution >= 4 is 15.6 Å². The lowest BCUT2D eigenvalue weighted by Gasteiger charge is -2.27. The highest BCUT2D eigenvalue weighted by atomic mass is 32.2. The second-order valence-electron chi connectivity index (χ2n) is 5.75. The van der Waals surface area contributed by atoms with Gasteiger partial charge < -0.3 is 4.74 Å². The zero-order chi connectivity index (χ0) is 17.9. The summed E-state index contributed by atoms with van der Waals surface area (Å²) in [5, 5.41) is 0. The van der Waals surface area contributed by atoms with E-state index in [-0.39, 0.29) is 11.9 Å². The number of ketones is 1. The Kier molecular flexibility index (Phi) is 3.67. The smallest absolute Gasteiger partial charge is 0.490 e. The molecular weight excluding hydrogens is 359 g/mol. The van der Waals surface area contributed by atoms with Crippen molar-refractivity contribution < 1.29 is 39.9 Å². The average molecular weight is 370 g/mol. The standard InChI is InChI=1S/C14H11F5O4S/c15-13(16)6-8-9(23-7-2-1-3-7)4-5-10(11(8)12(13)20)24(21,22)14(17,18)19/h4-5,7H,1-3,6H2. The van der Waals surface area contributed by atoms with Crippen LogP contribution in [0.1, 0.15) is 35.2 Å². The van der Waals surface area contributed by atoms with Crippen molar-refractivity contribution in [2.24, 2.45) is 0 Å². The van der Waals surface area contributed by atoms with Gasteiger partial charge in [-0.05, 0) is 31.4 Å². The van der Waals surface area contributed by atoms with Crippen molar-refractivity contribution in [1.82, 2.24) is 0 Å². The van der Waals surface area contributed by atoms with Crippen LogP contribution in [0.25, 0.3) is 0 Å². The van der Waals surface area contributed by atoms with Crippen LogP contribution in [0.2, 0.25) is 0 Å². The molecule has 0 unspecified atom stereocenters. The van der Waals surface area contributed by atoms with Gasteiger partial charge in [-0.2, -0.15) is 22.0 Å². The van der Waals surface area contributed by atoms with E-state index in [0.717, 1.165) is 12.5 Å². The summed E-state index contributed by atoms with van der Waals surface area (Å²) in [5.74, 6) is -6.06. The maximum atomic E-state index is 13.7. The zero-order valence-electron chi connectivity index (χ0n) is 12.0. The highest BCUT2D eigenvalue weighted by Gasteiger charge is 2.55. The fourth-order valence-electron chi connectivity index (χ4n) is 2.64. The molecule has 0 spiro atoms. The van der Waals surface area contributed by atoms with Gasteiger partial charge in [0.2, 0.25) is 5.78 Å². The first-order valence-corrected chi connectivity index (χ1v) is 8.50. The van der Waals surface area contributed by atoms with E-state index in [1.807, 2.05) is 0 Å². The monoisotopic (exact) mass is 370 g/mol. The maximum Gasteiger partial charge on any atom is 0.501 e. The lowest BCUT2D eigenvalue weighted by Crippen LogP contribution is -2.28. The van der Waals surface area contributed by atoms with Gasteiger partial charge in [0.15, 0.2) is 0 Å². The summed E-state index contributed by atoms with van der Waals surface area (Å²) in [6.07, 6.45) is 0.722. The number of carbonyl (C=O) groups excluding carboxylic acids is 1. The third-order valence-corrected chi connectivity index (χ3v) is 5.66. The Hall–Kier alpha value is -1.71. The summed E-state index contributed by atoms with van der Waals surface area (Å²) in [7, 11) is -5.93. The molecule has 0 aromatic heterocycles. The van der Waals surface area contributed by atoms with E-state index in [0.29, 0.717) is 18.9 Å². The molecular formula is C14H11F5O4S. The van der Waals surface area contributed by atoms with E-state index in [1.54, 1.807) is 0 Å². The number of hydrogen-bond acceptors (Lipinski definition) is 4. The van der Waals surface area contributed by atoms with Gasteiger partial charge in [-0.15, -0.1) is 0 Å². The molecule has 10 heteroatoms. The number of carbonyl (C=O) groups is 1. The minimum absolute atomic E-state index is 0.165. The number of sulfone groups is 1. The van der Waals surface area contributed by atoms with Gasteiger partial charge in [0.25, 0.3) is 9.84 Å². The average Bonchev–Trinajstić information content (AvgIpc) is 2.64. The van der Waals surface area contributed by atoms with Gasteiger partial charge in [-0.25, -0.2) is 8.42 Å². The summed E-state index contributed by atoms with van der Waals surface area (Å²) >= 11 is 0. The van der Waals surface area contributed by atoms with E-state index in [2.05, 4.69) is 0 Å². The number of benzene rings is 1. The zero-order valence-corrected chi connectivity index (χ0v) is 12.8. The Balaban J connectivity index is 2.17. The van der Waals surface area contributed by atoms with Crippen LogP contribution in [0.5, 0.6) is 5.75 Å². The molecule has 0 saturated heterocycles. The number of rotatable bonds is 3. The third-order valence-electron chi connectivity index (χ3n) is 4.13. The molecule has 132 valence electrons. The van der Waals surface area contributed by atoms with Gasteiger partial charge in [0.1, 0.15) is 5.75 Å². The van der Waals surface area contributed by atoms with Crippen LogP contribution in [0, 0.1) is 0 Å². The van der Waals surface area contributed by atoms with E-state index in [1.165, 1.54) is 0 Å². The normalized spacial score (nSPS) is 20.6. The first-order chi connectivity index (χ1) is 10.9. The number of halogens is 5. The van der Waals surface area contributed by atoms with Crippen molar-refractivity contribution in [2.45, 2.75) is 48.1 Å². The van der Waals surface area contributed by atoms with E-state index >= 15 is 0 Å². The van der Waals surface area contributed by atoms with Crippen molar-refractivity contribution in [3.63, 3.8) is 0 Å². The molecule has 1 fully saturated rings. The Morgan fingerprint density at radius 3 is 2.29 bits per heavy atom. The molecule has 1 aromatic carbocycles. The van der Waals surface area contributed by atoms with Crippen LogP contribution >= 0.6 is 0 Å². The van der Waals surface area contributed by atoms with Crippen molar-refractivity contribution in [1.29, 1.82) is 0 Å². The second-order valence-corrected chi connectivity index (χ2v) is 7.66. The van der Waals surface area contributed by atoms with Crippen molar-refractivity contribution in [2.75, 3.05) is 0 Å². The fraction of sp³-hybridized carbons (Fsp3) is 0.500. The molecule has 1 aromatic rings. The molecule has 0 radical (unpaired) electrons. The predicted octanol–water partition coefficient (Wildman–Crippen LogP) is 3.29. The molecule has 2 aliphatic rings. The molecule has 0 aliphatic heterocycles. The van der Waals surface area contributed by atoms with Crippen LogP contribution in [0.3, 0.4) is 0 Å². The van der Waals surface area contributed by atoms with E-state index in [4.69, 9.17) is 4.74 Å². The largest absolute Gasteiger partial charge is 0.501 e. The minimum atomic E-state index is -5.93. The van der Waals surface area contributed by atoms with Gasteiger partial charge in [-0.3, -0.25) is 4.79 Å². The topological polar surface area (TPSA) is 60.4 Å². The van der Waals surface area contributed by atoms with Gasteiger partial charge in [0.05, 0.1) is 16.6 Å². The molecule has 0 N–H and O–H groups in total. The van der Waals surface area contributed by atoms with Crippen molar-refractivity contribution in [3.05, 3.63) is 23.3 Å². The number of ether oxygens (including phenoxy) is 1. The molecule has 0 bridgehead atoms. The molecule has 1 saturated carbocycles. The predicted molar refractivity (Wildman–Crippen MR) is 70.9 cm³/mol. The quantitative estimate of drug-likeness (QED) is 0.766. The highest BCUT2D eigenvalue weighted by molar-refractivity contribution is 7.92. The summed E-state index contributed by atoms with van der Waals surface area (Å²) in [6.45, 7) is 0. The Morgan fingerprint density at radius 2 is 1.79 bits per heavy atom. The molecule has 4 nitrogen and oxygen atoms in total.